The molecule has 1 aromatic carbocycles. The van der Waals surface area contributed by atoms with Gasteiger partial charge in [0.05, 0.1) is 19.8 Å². The van der Waals surface area contributed by atoms with Crippen molar-refractivity contribution < 1.29 is 19.0 Å². The molecule has 3 rings (SSSR count). The Kier molecular flexibility index (Phi) is 5.08. The lowest BCUT2D eigenvalue weighted by molar-refractivity contribution is -0.0568. The van der Waals surface area contributed by atoms with Crippen LogP contribution >= 0.6 is 0 Å². The van der Waals surface area contributed by atoms with Gasteiger partial charge in [0.15, 0.2) is 5.69 Å². The maximum absolute atomic E-state index is 13.0. The van der Waals surface area contributed by atoms with E-state index in [1.165, 1.54) is 4.57 Å². The van der Waals surface area contributed by atoms with E-state index in [9.17, 15) is 9.59 Å². The van der Waals surface area contributed by atoms with Gasteiger partial charge in [-0.2, -0.15) is 0 Å². The smallest absolute Gasteiger partial charge is 0.361 e. The van der Waals surface area contributed by atoms with E-state index < -0.39 is 17.1 Å². The number of hydrogen-bond acceptors (Lipinski definition) is 6. The largest absolute Gasteiger partial charge is 0.481 e. The zero-order valence-corrected chi connectivity index (χ0v) is 15.2. The van der Waals surface area contributed by atoms with Crippen LogP contribution in [0.25, 0.3) is 0 Å². The second-order valence-corrected chi connectivity index (χ2v) is 6.42. The molecule has 138 valence electrons. The molecular weight excluding hydrogens is 336 g/mol. The Bertz CT molecular complexity index is 858. The van der Waals surface area contributed by atoms with E-state index in [1.807, 2.05) is 44.2 Å². The van der Waals surface area contributed by atoms with Crippen molar-refractivity contribution in [2.75, 3.05) is 13.2 Å². The number of carbonyl (C=O) groups excluding carboxylic acids is 1. The van der Waals surface area contributed by atoms with Crippen LogP contribution in [0.2, 0.25) is 0 Å². The highest BCUT2D eigenvalue weighted by atomic mass is 16.5. The highest BCUT2D eigenvalue weighted by Crippen LogP contribution is 2.28. The molecule has 2 aromatic rings. The van der Waals surface area contributed by atoms with E-state index in [2.05, 4.69) is 4.98 Å². The third-order valence-corrected chi connectivity index (χ3v) is 4.14. The number of hydrogen-bond donors (Lipinski definition) is 0. The quantitative estimate of drug-likeness (QED) is 0.763. The molecule has 0 spiro atoms. The van der Waals surface area contributed by atoms with Gasteiger partial charge in [0.25, 0.3) is 5.56 Å². The van der Waals surface area contributed by atoms with Crippen LogP contribution in [-0.2, 0) is 28.2 Å². The molecule has 1 aromatic heterocycles. The predicted octanol–water partition coefficient (Wildman–Crippen LogP) is 2.26. The first-order valence-electron chi connectivity index (χ1n) is 8.57. The minimum absolute atomic E-state index is 0.0891. The lowest BCUT2D eigenvalue weighted by Gasteiger charge is -2.32. The molecule has 0 saturated carbocycles. The highest BCUT2D eigenvalue weighted by molar-refractivity contribution is 5.90. The second-order valence-electron chi connectivity index (χ2n) is 6.42. The average Bonchev–Trinajstić information content (AvgIpc) is 2.62. The molecule has 0 atom stereocenters. The normalized spacial score (nSPS) is 15.2. The van der Waals surface area contributed by atoms with Crippen molar-refractivity contribution >= 4 is 5.97 Å². The molecule has 1 aliphatic rings. The molecule has 0 bridgehead atoms. The summed E-state index contributed by atoms with van der Waals surface area (Å²) in [5, 5.41) is 0. The fraction of sp³-hybridized carbons (Fsp3) is 0.421. The first kappa shape index (κ1) is 18.1. The average molecular weight is 358 g/mol. The summed E-state index contributed by atoms with van der Waals surface area (Å²) in [6.07, 6.45) is 0. The number of carbonyl (C=O) groups is 1. The highest BCUT2D eigenvalue weighted by Gasteiger charge is 2.35. The number of nitrogens with zero attached hydrogens (tertiary/aromatic N) is 2. The minimum atomic E-state index is -0.781. The van der Waals surface area contributed by atoms with Crippen molar-refractivity contribution in [1.29, 1.82) is 0 Å². The van der Waals surface area contributed by atoms with Crippen molar-refractivity contribution in [3.8, 4) is 5.75 Å². The van der Waals surface area contributed by atoms with Crippen LogP contribution in [0, 0.1) is 0 Å². The summed E-state index contributed by atoms with van der Waals surface area (Å²) in [6.45, 7) is 6.39. The van der Waals surface area contributed by atoms with Gasteiger partial charge in [-0.15, -0.1) is 0 Å². The zero-order valence-electron chi connectivity index (χ0n) is 15.2. The maximum Gasteiger partial charge on any atom is 0.361 e. The van der Waals surface area contributed by atoms with Crippen molar-refractivity contribution in [2.24, 2.45) is 0 Å². The number of rotatable bonds is 5. The molecule has 0 N–H and O–H groups in total. The molecule has 1 aliphatic heterocycles. The van der Waals surface area contributed by atoms with E-state index in [0.29, 0.717) is 19.0 Å². The van der Waals surface area contributed by atoms with Gasteiger partial charge in [-0.3, -0.25) is 9.36 Å². The summed E-state index contributed by atoms with van der Waals surface area (Å²) in [6, 6.07) is 9.41. The summed E-state index contributed by atoms with van der Waals surface area (Å²) in [7, 11) is 0. The Hall–Kier alpha value is -2.67. The van der Waals surface area contributed by atoms with Crippen LogP contribution in [0.3, 0.4) is 0 Å². The van der Waals surface area contributed by atoms with Gasteiger partial charge in [0.1, 0.15) is 18.0 Å². The summed E-state index contributed by atoms with van der Waals surface area (Å²) < 4.78 is 18.0. The predicted molar refractivity (Wildman–Crippen MR) is 94.2 cm³/mol. The first-order chi connectivity index (χ1) is 12.4. The fourth-order valence-electron chi connectivity index (χ4n) is 2.86. The van der Waals surface area contributed by atoms with Crippen LogP contribution in [-0.4, -0.2) is 28.7 Å². The summed E-state index contributed by atoms with van der Waals surface area (Å²) in [5.74, 6) is -0.380. The molecule has 0 saturated heterocycles. The number of fused-ring (bicyclic) bond motifs is 1. The monoisotopic (exact) mass is 358 g/mol. The molecular formula is C19H22N2O5. The Morgan fingerprint density at radius 1 is 1.31 bits per heavy atom. The van der Waals surface area contributed by atoms with E-state index in [4.69, 9.17) is 14.2 Å². The Balaban J connectivity index is 2.06. The van der Waals surface area contributed by atoms with Gasteiger partial charge in [-0.05, 0) is 26.3 Å². The van der Waals surface area contributed by atoms with Crippen LogP contribution in [0.4, 0.5) is 0 Å². The molecule has 0 amide bonds. The Morgan fingerprint density at radius 3 is 2.73 bits per heavy atom. The third kappa shape index (κ3) is 3.48. The molecule has 0 radical (unpaired) electrons. The number of esters is 1. The molecule has 26 heavy (non-hydrogen) atoms. The molecule has 7 nitrogen and oxygen atoms in total. The van der Waals surface area contributed by atoms with Crippen LogP contribution in [0.5, 0.6) is 5.75 Å². The second kappa shape index (κ2) is 7.29. The van der Waals surface area contributed by atoms with Gasteiger partial charge >= 0.3 is 5.97 Å². The van der Waals surface area contributed by atoms with Crippen molar-refractivity contribution in [2.45, 2.75) is 39.5 Å². The van der Waals surface area contributed by atoms with Crippen LogP contribution in [0.15, 0.2) is 35.1 Å². The van der Waals surface area contributed by atoms with Crippen LogP contribution < -0.4 is 10.3 Å². The lowest BCUT2D eigenvalue weighted by Crippen LogP contribution is -2.42. The van der Waals surface area contributed by atoms with Crippen LogP contribution in [0.1, 0.15) is 42.6 Å². The molecule has 7 heteroatoms. The minimum Gasteiger partial charge on any atom is -0.481 e. The van der Waals surface area contributed by atoms with Crippen molar-refractivity contribution in [1.82, 2.24) is 9.55 Å². The first-order valence-corrected chi connectivity index (χ1v) is 8.57. The number of benzene rings is 1. The standard InChI is InChI=1S/C19H22N2O5/c1-4-24-17(23)14-15(25-12-13-8-6-5-7-9-13)16(22)21-10-11-26-19(2,3)18(21)20-14/h5-9H,4,10-12H2,1-3H3. The van der Waals surface area contributed by atoms with E-state index in [-0.39, 0.29) is 24.7 Å². The van der Waals surface area contributed by atoms with Crippen molar-refractivity contribution in [3.63, 3.8) is 0 Å². The third-order valence-electron chi connectivity index (χ3n) is 4.14. The topological polar surface area (TPSA) is 79.7 Å². The zero-order chi connectivity index (χ0) is 18.7. The molecule has 0 fully saturated rings. The SMILES string of the molecule is CCOC(=O)c1nc2n(c(=O)c1OCc1ccccc1)CCOC2(C)C. The van der Waals surface area contributed by atoms with Gasteiger partial charge in [-0.1, -0.05) is 30.3 Å². The summed E-state index contributed by atoms with van der Waals surface area (Å²) in [5.41, 5.74) is -0.410. The Morgan fingerprint density at radius 2 is 2.04 bits per heavy atom. The Labute approximate surface area is 151 Å². The van der Waals surface area contributed by atoms with Gasteiger partial charge < -0.3 is 14.2 Å². The summed E-state index contributed by atoms with van der Waals surface area (Å²) >= 11 is 0. The maximum atomic E-state index is 13.0. The fourth-order valence-corrected chi connectivity index (χ4v) is 2.86. The van der Waals surface area contributed by atoms with E-state index >= 15 is 0 Å². The number of ether oxygens (including phenoxy) is 3. The lowest BCUT2D eigenvalue weighted by atomic mass is 10.1. The van der Waals surface area contributed by atoms with E-state index in [1.54, 1.807) is 6.92 Å². The van der Waals surface area contributed by atoms with Crippen molar-refractivity contribution in [3.05, 3.63) is 57.8 Å². The van der Waals surface area contributed by atoms with Gasteiger partial charge in [0.2, 0.25) is 5.75 Å². The molecule has 0 unspecified atom stereocenters. The molecule has 2 heterocycles. The van der Waals surface area contributed by atoms with Gasteiger partial charge in [0, 0.05) is 0 Å². The number of aromatic nitrogens is 2. The van der Waals surface area contributed by atoms with Gasteiger partial charge in [-0.25, -0.2) is 9.78 Å². The molecule has 0 aliphatic carbocycles. The van der Waals surface area contributed by atoms with E-state index in [0.717, 1.165) is 5.56 Å². The summed E-state index contributed by atoms with van der Waals surface area (Å²) in [4.78, 5) is 29.8.